The Hall–Kier alpha value is -4.49. The van der Waals surface area contributed by atoms with Crippen molar-refractivity contribution in [2.75, 3.05) is 21.3 Å². The number of amides is 3. The van der Waals surface area contributed by atoms with Gasteiger partial charge in [0.1, 0.15) is 0 Å². The number of benzene rings is 3. The fourth-order valence-electron chi connectivity index (χ4n) is 3.69. The standard InChI is InChI=1S/C26H20ClN5O2/c27-22-8-1-2-9-23(22)32-26(34)30-18-6-3-5-17(13-18)29-19-10-11-20-21(14-16-7-4-12-28-16)25(33)31-24(20)15-19/h1-15,28-29H,(H,31,33)(H2,30,32,34). The van der Waals surface area contributed by atoms with Crippen LogP contribution in [0.15, 0.2) is 85.1 Å². The molecule has 0 aliphatic carbocycles. The van der Waals surface area contributed by atoms with E-state index in [0.29, 0.717) is 22.0 Å². The van der Waals surface area contributed by atoms with Crippen LogP contribution in [0.2, 0.25) is 5.02 Å². The first kappa shape index (κ1) is 21.4. The zero-order chi connectivity index (χ0) is 23.5. The summed E-state index contributed by atoms with van der Waals surface area (Å²) in [7, 11) is 0. The Bertz CT molecular complexity index is 1410. The van der Waals surface area contributed by atoms with Crippen molar-refractivity contribution in [1.82, 2.24) is 4.98 Å². The van der Waals surface area contributed by atoms with Crippen molar-refractivity contribution >= 4 is 63.6 Å². The van der Waals surface area contributed by atoms with Crippen molar-refractivity contribution in [1.29, 1.82) is 0 Å². The fraction of sp³-hybridized carbons (Fsp3) is 0. The van der Waals surface area contributed by atoms with Gasteiger partial charge in [0.15, 0.2) is 0 Å². The average molecular weight is 470 g/mol. The van der Waals surface area contributed by atoms with Crippen molar-refractivity contribution in [3.05, 3.63) is 101 Å². The van der Waals surface area contributed by atoms with Crippen molar-refractivity contribution in [3.63, 3.8) is 0 Å². The van der Waals surface area contributed by atoms with Crippen LogP contribution in [0.25, 0.3) is 11.6 Å². The topological polar surface area (TPSA) is 98.1 Å². The first-order chi connectivity index (χ1) is 16.5. The van der Waals surface area contributed by atoms with E-state index in [1.54, 1.807) is 30.3 Å². The van der Waals surface area contributed by atoms with E-state index in [1.165, 1.54) is 0 Å². The van der Waals surface area contributed by atoms with E-state index in [2.05, 4.69) is 26.3 Å². The molecule has 0 spiro atoms. The summed E-state index contributed by atoms with van der Waals surface area (Å²) in [5, 5.41) is 12.2. The maximum atomic E-state index is 12.5. The number of carbonyl (C=O) groups is 2. The van der Waals surface area contributed by atoms with Gasteiger partial charge in [0, 0.05) is 34.5 Å². The van der Waals surface area contributed by atoms with E-state index in [9.17, 15) is 9.59 Å². The summed E-state index contributed by atoms with van der Waals surface area (Å²) < 4.78 is 0. The lowest BCUT2D eigenvalue weighted by molar-refractivity contribution is -0.110. The molecule has 1 aromatic heterocycles. The quantitative estimate of drug-likeness (QED) is 0.214. The summed E-state index contributed by atoms with van der Waals surface area (Å²) in [5.74, 6) is -0.141. The highest BCUT2D eigenvalue weighted by molar-refractivity contribution is 6.35. The molecule has 5 rings (SSSR count). The molecular weight excluding hydrogens is 450 g/mol. The Morgan fingerprint density at radius 2 is 1.68 bits per heavy atom. The molecular formula is C26H20ClN5O2. The van der Waals surface area contributed by atoms with Gasteiger partial charge in [-0.05, 0) is 60.7 Å². The largest absolute Gasteiger partial charge is 0.362 e. The van der Waals surface area contributed by atoms with Crippen LogP contribution in [0.3, 0.4) is 0 Å². The number of para-hydroxylation sites is 1. The summed E-state index contributed by atoms with van der Waals surface area (Å²) >= 11 is 6.10. The lowest BCUT2D eigenvalue weighted by Gasteiger charge is -2.12. The van der Waals surface area contributed by atoms with Crippen LogP contribution in [0, 0.1) is 0 Å². The van der Waals surface area contributed by atoms with E-state index in [1.807, 2.05) is 60.8 Å². The molecule has 1 aliphatic rings. The Morgan fingerprint density at radius 1 is 0.853 bits per heavy atom. The lowest BCUT2D eigenvalue weighted by atomic mass is 10.1. The third kappa shape index (κ3) is 4.65. The van der Waals surface area contributed by atoms with E-state index < -0.39 is 6.03 Å². The number of aromatic amines is 1. The summed E-state index contributed by atoms with van der Waals surface area (Å²) in [5.41, 5.74) is 5.78. The van der Waals surface area contributed by atoms with Crippen molar-refractivity contribution < 1.29 is 9.59 Å². The van der Waals surface area contributed by atoms with Crippen molar-refractivity contribution in [3.8, 4) is 0 Å². The van der Waals surface area contributed by atoms with E-state index in [-0.39, 0.29) is 5.91 Å². The number of H-pyrrole nitrogens is 1. The van der Waals surface area contributed by atoms with Gasteiger partial charge in [0.05, 0.1) is 22.0 Å². The SMILES string of the molecule is O=C(Nc1cccc(Nc2ccc3c(c2)NC(=O)C3=Cc2ccc[nH]2)c1)Nc1ccccc1Cl. The summed E-state index contributed by atoms with van der Waals surface area (Å²) in [6.07, 6.45) is 3.65. The zero-order valence-electron chi connectivity index (χ0n) is 17.9. The van der Waals surface area contributed by atoms with Gasteiger partial charge in [0.2, 0.25) is 0 Å². The highest BCUT2D eigenvalue weighted by Gasteiger charge is 2.24. The molecule has 0 saturated heterocycles. The monoisotopic (exact) mass is 469 g/mol. The predicted molar refractivity (Wildman–Crippen MR) is 138 cm³/mol. The number of anilines is 5. The second-order valence-corrected chi connectivity index (χ2v) is 8.07. The average Bonchev–Trinajstić information content (AvgIpc) is 3.43. The minimum atomic E-state index is -0.396. The molecule has 168 valence electrons. The highest BCUT2D eigenvalue weighted by Crippen LogP contribution is 2.35. The van der Waals surface area contributed by atoms with Crippen LogP contribution in [-0.4, -0.2) is 16.9 Å². The van der Waals surface area contributed by atoms with Gasteiger partial charge in [-0.2, -0.15) is 0 Å². The van der Waals surface area contributed by atoms with Crippen LogP contribution in [0.4, 0.5) is 33.2 Å². The van der Waals surface area contributed by atoms with E-state index >= 15 is 0 Å². The zero-order valence-corrected chi connectivity index (χ0v) is 18.6. The number of aromatic nitrogens is 1. The third-order valence-corrected chi connectivity index (χ3v) is 5.59. The normalized spacial score (nSPS) is 13.3. The third-order valence-electron chi connectivity index (χ3n) is 5.26. The predicted octanol–water partition coefficient (Wildman–Crippen LogP) is 6.55. The molecule has 0 bridgehead atoms. The smallest absolute Gasteiger partial charge is 0.323 e. The number of nitrogens with one attached hydrogen (secondary N) is 5. The Balaban J connectivity index is 1.29. The molecule has 0 saturated carbocycles. The second kappa shape index (κ2) is 9.17. The molecule has 8 heteroatoms. The summed E-state index contributed by atoms with van der Waals surface area (Å²) in [6.45, 7) is 0. The molecule has 3 amide bonds. The van der Waals surface area contributed by atoms with Crippen LogP contribution >= 0.6 is 11.6 Å². The molecule has 5 N–H and O–H groups in total. The molecule has 0 fully saturated rings. The van der Waals surface area contributed by atoms with Gasteiger partial charge < -0.3 is 26.3 Å². The molecule has 3 aromatic carbocycles. The van der Waals surface area contributed by atoms with Gasteiger partial charge in [0.25, 0.3) is 5.91 Å². The van der Waals surface area contributed by atoms with Gasteiger partial charge in [-0.15, -0.1) is 0 Å². The van der Waals surface area contributed by atoms with Crippen molar-refractivity contribution in [2.24, 2.45) is 0 Å². The molecule has 0 unspecified atom stereocenters. The maximum Gasteiger partial charge on any atom is 0.323 e. The number of urea groups is 1. The molecule has 0 atom stereocenters. The Morgan fingerprint density at radius 3 is 2.50 bits per heavy atom. The number of rotatable bonds is 5. The number of hydrogen-bond acceptors (Lipinski definition) is 3. The van der Waals surface area contributed by atoms with Gasteiger partial charge in [-0.1, -0.05) is 35.9 Å². The van der Waals surface area contributed by atoms with Crippen LogP contribution in [-0.2, 0) is 4.79 Å². The molecule has 1 aliphatic heterocycles. The Labute approximate surface area is 200 Å². The summed E-state index contributed by atoms with van der Waals surface area (Å²) in [6, 6.07) is 23.4. The molecule has 7 nitrogen and oxygen atoms in total. The number of hydrogen-bond donors (Lipinski definition) is 5. The minimum Gasteiger partial charge on any atom is -0.362 e. The molecule has 4 aromatic rings. The summed E-state index contributed by atoms with van der Waals surface area (Å²) in [4.78, 5) is 27.9. The Kier molecular flexibility index (Phi) is 5.76. The number of fused-ring (bicyclic) bond motifs is 1. The fourth-order valence-corrected chi connectivity index (χ4v) is 3.88. The van der Waals surface area contributed by atoms with Crippen molar-refractivity contribution in [2.45, 2.75) is 0 Å². The van der Waals surface area contributed by atoms with Crippen LogP contribution in [0.1, 0.15) is 11.3 Å². The minimum absolute atomic E-state index is 0.141. The lowest BCUT2D eigenvalue weighted by Crippen LogP contribution is -2.19. The number of carbonyl (C=O) groups excluding carboxylic acids is 2. The highest BCUT2D eigenvalue weighted by atomic mass is 35.5. The van der Waals surface area contributed by atoms with Crippen LogP contribution in [0.5, 0.6) is 0 Å². The molecule has 2 heterocycles. The number of halogens is 1. The van der Waals surface area contributed by atoms with Gasteiger partial charge in [-0.25, -0.2) is 4.79 Å². The first-order valence-electron chi connectivity index (χ1n) is 10.6. The van der Waals surface area contributed by atoms with E-state index in [0.717, 1.165) is 28.3 Å². The van der Waals surface area contributed by atoms with Gasteiger partial charge in [-0.3, -0.25) is 4.79 Å². The maximum absolute atomic E-state index is 12.5. The second-order valence-electron chi connectivity index (χ2n) is 7.66. The van der Waals surface area contributed by atoms with Crippen LogP contribution < -0.4 is 21.3 Å². The molecule has 34 heavy (non-hydrogen) atoms. The molecule has 0 radical (unpaired) electrons. The first-order valence-corrected chi connectivity index (χ1v) is 10.9. The van der Waals surface area contributed by atoms with Gasteiger partial charge >= 0.3 is 6.03 Å². The van der Waals surface area contributed by atoms with E-state index in [4.69, 9.17) is 11.6 Å².